The van der Waals surface area contributed by atoms with Crippen molar-refractivity contribution in [1.82, 2.24) is 5.32 Å². The van der Waals surface area contributed by atoms with Gasteiger partial charge in [-0.1, -0.05) is 34.6 Å². The van der Waals surface area contributed by atoms with Gasteiger partial charge in [0.25, 0.3) is 0 Å². The van der Waals surface area contributed by atoms with Crippen molar-refractivity contribution in [3.05, 3.63) is 0 Å². The minimum atomic E-state index is 0.275. The van der Waals surface area contributed by atoms with E-state index in [9.17, 15) is 0 Å². The average Bonchev–Trinajstić information content (AvgIpc) is 2.38. The lowest BCUT2D eigenvalue weighted by Gasteiger charge is -2.52. The molecule has 3 heteroatoms. The summed E-state index contributed by atoms with van der Waals surface area (Å²) < 4.78 is 5.79. The van der Waals surface area contributed by atoms with Crippen molar-refractivity contribution in [2.75, 3.05) is 19.7 Å². The second kappa shape index (κ2) is 7.94. The smallest absolute Gasteiger partial charge is 0.0655 e. The Hall–Kier alpha value is -0.120. The van der Waals surface area contributed by atoms with Crippen LogP contribution in [-0.4, -0.2) is 31.8 Å². The Morgan fingerprint density at radius 2 is 1.95 bits per heavy atom. The van der Waals surface area contributed by atoms with E-state index in [0.29, 0.717) is 17.6 Å². The molecule has 3 nitrogen and oxygen atoms in total. The van der Waals surface area contributed by atoms with E-state index >= 15 is 0 Å². The Bertz CT molecular complexity index is 296. The number of nitrogens with one attached hydrogen (secondary N) is 1. The van der Waals surface area contributed by atoms with Crippen molar-refractivity contribution in [3.63, 3.8) is 0 Å². The van der Waals surface area contributed by atoms with Gasteiger partial charge in [-0.25, -0.2) is 0 Å². The summed E-state index contributed by atoms with van der Waals surface area (Å²) in [7, 11) is 0. The van der Waals surface area contributed by atoms with E-state index in [2.05, 4.69) is 46.9 Å². The van der Waals surface area contributed by atoms with Crippen LogP contribution in [0.4, 0.5) is 0 Å². The Kier molecular flexibility index (Phi) is 7.15. The third-order valence-corrected chi connectivity index (χ3v) is 5.41. The summed E-state index contributed by atoms with van der Waals surface area (Å²) in [5, 5.41) is 3.74. The molecule has 1 rings (SSSR count). The highest BCUT2D eigenvalue weighted by Crippen LogP contribution is 2.42. The molecular formula is C18H38N2O. The molecule has 0 amide bonds. The van der Waals surface area contributed by atoms with Crippen LogP contribution in [0.25, 0.3) is 0 Å². The molecule has 3 unspecified atom stereocenters. The summed E-state index contributed by atoms with van der Waals surface area (Å²) in [6.07, 6.45) is 5.25. The van der Waals surface area contributed by atoms with E-state index in [1.54, 1.807) is 0 Å². The molecule has 3 N–H and O–H groups in total. The van der Waals surface area contributed by atoms with Gasteiger partial charge < -0.3 is 15.8 Å². The van der Waals surface area contributed by atoms with E-state index in [1.807, 2.05) is 0 Å². The van der Waals surface area contributed by atoms with E-state index in [-0.39, 0.29) is 5.41 Å². The lowest BCUT2D eigenvalue weighted by Crippen LogP contribution is -2.61. The number of hydrogen-bond donors (Lipinski definition) is 2. The quantitative estimate of drug-likeness (QED) is 0.640. The number of nitrogens with two attached hydrogens (primary N) is 1. The molecule has 0 radical (unpaired) electrons. The van der Waals surface area contributed by atoms with Crippen LogP contribution in [0.5, 0.6) is 0 Å². The molecule has 1 fully saturated rings. The summed E-state index contributed by atoms with van der Waals surface area (Å²) in [5.41, 5.74) is 6.40. The molecule has 1 aliphatic carbocycles. The van der Waals surface area contributed by atoms with Crippen LogP contribution in [0.2, 0.25) is 0 Å². The Morgan fingerprint density at radius 3 is 2.43 bits per heavy atom. The first-order chi connectivity index (χ1) is 9.73. The number of rotatable bonds is 9. The predicted octanol–water partition coefficient (Wildman–Crippen LogP) is 3.57. The van der Waals surface area contributed by atoms with Gasteiger partial charge in [0.05, 0.1) is 6.10 Å². The van der Waals surface area contributed by atoms with Crippen molar-refractivity contribution < 1.29 is 4.74 Å². The maximum Gasteiger partial charge on any atom is 0.0655 e. The van der Waals surface area contributed by atoms with E-state index in [4.69, 9.17) is 10.5 Å². The highest BCUT2D eigenvalue weighted by molar-refractivity contribution is 5.02. The van der Waals surface area contributed by atoms with Gasteiger partial charge in [0.2, 0.25) is 0 Å². The summed E-state index contributed by atoms with van der Waals surface area (Å²) in [5.74, 6) is 0.731. The Balaban J connectivity index is 2.25. The van der Waals surface area contributed by atoms with Crippen LogP contribution in [0, 0.1) is 16.7 Å². The summed E-state index contributed by atoms with van der Waals surface area (Å²) >= 11 is 0. The van der Waals surface area contributed by atoms with Crippen molar-refractivity contribution in [2.45, 2.75) is 79.4 Å². The molecule has 126 valence electrons. The molecule has 0 aromatic carbocycles. The fraction of sp³-hybridized carbons (Fsp3) is 1.00. The van der Waals surface area contributed by atoms with Gasteiger partial charge >= 0.3 is 0 Å². The van der Waals surface area contributed by atoms with E-state index in [1.165, 1.54) is 12.8 Å². The van der Waals surface area contributed by atoms with Gasteiger partial charge in [0, 0.05) is 18.1 Å². The molecular weight excluding hydrogens is 260 g/mol. The zero-order valence-electron chi connectivity index (χ0n) is 15.2. The van der Waals surface area contributed by atoms with Gasteiger partial charge in [0.15, 0.2) is 0 Å². The Morgan fingerprint density at radius 1 is 1.29 bits per heavy atom. The average molecular weight is 299 g/mol. The first kappa shape index (κ1) is 18.9. The van der Waals surface area contributed by atoms with Gasteiger partial charge in [-0.15, -0.1) is 0 Å². The fourth-order valence-electron chi connectivity index (χ4n) is 3.55. The fourth-order valence-corrected chi connectivity index (χ4v) is 3.55. The van der Waals surface area contributed by atoms with Gasteiger partial charge in [0.1, 0.15) is 0 Å². The molecule has 0 heterocycles. The number of hydrogen-bond acceptors (Lipinski definition) is 3. The zero-order valence-corrected chi connectivity index (χ0v) is 15.2. The minimum Gasteiger partial charge on any atom is -0.378 e. The van der Waals surface area contributed by atoms with Crippen molar-refractivity contribution >= 4 is 0 Å². The van der Waals surface area contributed by atoms with Crippen LogP contribution in [0.3, 0.4) is 0 Å². The van der Waals surface area contributed by atoms with Crippen LogP contribution in [-0.2, 0) is 4.74 Å². The van der Waals surface area contributed by atoms with Gasteiger partial charge in [-0.05, 0) is 57.0 Å². The highest BCUT2D eigenvalue weighted by atomic mass is 16.5. The van der Waals surface area contributed by atoms with Crippen molar-refractivity contribution in [1.29, 1.82) is 0 Å². The molecule has 1 aliphatic rings. The normalized spacial score (nSPS) is 26.4. The minimum absolute atomic E-state index is 0.275. The molecule has 0 saturated heterocycles. The molecule has 1 saturated carbocycles. The van der Waals surface area contributed by atoms with Gasteiger partial charge in [-0.3, -0.25) is 0 Å². The maximum atomic E-state index is 5.79. The molecule has 0 aromatic heterocycles. The first-order valence-electron chi connectivity index (χ1n) is 8.78. The van der Waals surface area contributed by atoms with E-state index < -0.39 is 0 Å². The Labute approximate surface area is 132 Å². The standard InChI is InChI=1S/C18H38N2O/c1-7-21-16-13-15(18(16,5)6)20-12-8-9-14(10-11-19)17(2,3)4/h14-16,20H,7-13,19H2,1-6H3. The lowest BCUT2D eigenvalue weighted by atomic mass is 9.64. The lowest BCUT2D eigenvalue weighted by molar-refractivity contribution is -0.114. The third-order valence-electron chi connectivity index (χ3n) is 5.41. The molecule has 3 atom stereocenters. The summed E-state index contributed by atoms with van der Waals surface area (Å²) in [6.45, 7) is 16.5. The number of ether oxygens (including phenoxy) is 1. The van der Waals surface area contributed by atoms with Crippen molar-refractivity contribution in [2.24, 2.45) is 22.5 Å². The third kappa shape index (κ3) is 5.22. The van der Waals surface area contributed by atoms with Crippen molar-refractivity contribution in [3.8, 4) is 0 Å². The molecule has 0 aromatic rings. The summed E-state index contributed by atoms with van der Waals surface area (Å²) in [6, 6.07) is 0.608. The first-order valence-corrected chi connectivity index (χ1v) is 8.78. The topological polar surface area (TPSA) is 47.3 Å². The molecule has 0 bridgehead atoms. The second-order valence-corrected chi connectivity index (χ2v) is 8.29. The van der Waals surface area contributed by atoms with Crippen LogP contribution in [0.1, 0.15) is 67.2 Å². The second-order valence-electron chi connectivity index (χ2n) is 8.29. The maximum absolute atomic E-state index is 5.79. The van der Waals surface area contributed by atoms with Gasteiger partial charge in [-0.2, -0.15) is 0 Å². The predicted molar refractivity (Wildman–Crippen MR) is 91.5 cm³/mol. The highest BCUT2D eigenvalue weighted by Gasteiger charge is 2.48. The molecule has 21 heavy (non-hydrogen) atoms. The van der Waals surface area contributed by atoms with Crippen LogP contribution < -0.4 is 11.1 Å². The van der Waals surface area contributed by atoms with Crippen LogP contribution >= 0.6 is 0 Å². The zero-order chi connectivity index (χ0) is 16.1. The van der Waals surface area contributed by atoms with Crippen LogP contribution in [0.15, 0.2) is 0 Å². The monoisotopic (exact) mass is 298 g/mol. The molecule has 0 aliphatic heterocycles. The SMILES string of the molecule is CCOC1CC(NCCCC(CCN)C(C)(C)C)C1(C)C. The van der Waals surface area contributed by atoms with E-state index in [0.717, 1.165) is 38.5 Å². The molecule has 0 spiro atoms. The summed E-state index contributed by atoms with van der Waals surface area (Å²) in [4.78, 5) is 0. The largest absolute Gasteiger partial charge is 0.378 e.